The first-order chi connectivity index (χ1) is 7.56. The third-order valence-electron chi connectivity index (χ3n) is 2.32. The van der Waals surface area contributed by atoms with E-state index in [-0.39, 0.29) is 0 Å². The Labute approximate surface area is 106 Å². The molecule has 0 bridgehead atoms. The van der Waals surface area contributed by atoms with Crippen LogP contribution in [0, 0.1) is 0 Å². The van der Waals surface area contributed by atoms with Crippen LogP contribution in [0.25, 0.3) is 0 Å². The van der Waals surface area contributed by atoms with Gasteiger partial charge in [0, 0.05) is 27.3 Å². The fraction of sp³-hybridized carbons (Fsp3) is 0.455. The van der Waals surface area contributed by atoms with Crippen LogP contribution < -0.4 is 10.6 Å². The normalized spacial score (nSPS) is 10.5. The van der Waals surface area contributed by atoms with Gasteiger partial charge in [-0.05, 0) is 18.6 Å². The van der Waals surface area contributed by atoms with Gasteiger partial charge in [0.2, 0.25) is 0 Å². The first kappa shape index (κ1) is 13.4. The molecule has 0 fully saturated rings. The second-order valence-electron chi connectivity index (χ2n) is 3.59. The highest BCUT2D eigenvalue weighted by molar-refractivity contribution is 6.42. The molecule has 0 atom stereocenters. The zero-order valence-electron chi connectivity index (χ0n) is 9.46. The lowest BCUT2D eigenvalue weighted by Crippen LogP contribution is -2.20. The van der Waals surface area contributed by atoms with Crippen LogP contribution in [0.5, 0.6) is 0 Å². The van der Waals surface area contributed by atoms with Gasteiger partial charge in [-0.15, -0.1) is 0 Å². The Hall–Kier alpha value is -0.640. The molecule has 2 N–H and O–H groups in total. The number of nitrogens with zero attached hydrogens (tertiary/aromatic N) is 1. The molecule has 0 saturated carbocycles. The second-order valence-corrected chi connectivity index (χ2v) is 4.41. The number of nitrogen functional groups attached to an aromatic ring is 1. The lowest BCUT2D eigenvalue weighted by Gasteiger charge is -2.21. The van der Waals surface area contributed by atoms with Crippen LogP contribution in [0.4, 0.5) is 11.4 Å². The van der Waals surface area contributed by atoms with Gasteiger partial charge in [-0.25, -0.2) is 0 Å². The summed E-state index contributed by atoms with van der Waals surface area (Å²) >= 11 is 11.8. The topological polar surface area (TPSA) is 38.5 Å². The molecule has 0 aromatic heterocycles. The number of halogens is 2. The fourth-order valence-corrected chi connectivity index (χ4v) is 1.78. The van der Waals surface area contributed by atoms with Gasteiger partial charge in [-0.2, -0.15) is 0 Å². The molecular weight excluding hydrogens is 247 g/mol. The molecule has 16 heavy (non-hydrogen) atoms. The summed E-state index contributed by atoms with van der Waals surface area (Å²) in [6, 6.07) is 3.46. The molecule has 1 rings (SSSR count). The number of nitrogens with two attached hydrogens (primary N) is 1. The van der Waals surface area contributed by atoms with Crippen molar-refractivity contribution in [2.75, 3.05) is 37.9 Å². The Balaban J connectivity index is 2.75. The van der Waals surface area contributed by atoms with Crippen molar-refractivity contribution in [1.82, 2.24) is 0 Å². The van der Waals surface area contributed by atoms with Gasteiger partial charge in [-0.1, -0.05) is 23.2 Å². The summed E-state index contributed by atoms with van der Waals surface area (Å²) in [6.45, 7) is 1.58. The highest BCUT2D eigenvalue weighted by atomic mass is 35.5. The van der Waals surface area contributed by atoms with Crippen molar-refractivity contribution in [3.8, 4) is 0 Å². The third-order valence-corrected chi connectivity index (χ3v) is 3.04. The molecule has 5 heteroatoms. The molecule has 0 amide bonds. The fourth-order valence-electron chi connectivity index (χ4n) is 1.45. The summed E-state index contributed by atoms with van der Waals surface area (Å²) in [5.74, 6) is 0. The van der Waals surface area contributed by atoms with E-state index in [4.69, 9.17) is 33.7 Å². The molecule has 0 aliphatic rings. The second kappa shape index (κ2) is 6.18. The minimum Gasteiger partial charge on any atom is -0.397 e. The Bertz CT molecular complexity index is 358. The lowest BCUT2D eigenvalue weighted by atomic mass is 10.2. The van der Waals surface area contributed by atoms with Gasteiger partial charge >= 0.3 is 0 Å². The molecule has 1 aromatic carbocycles. The summed E-state index contributed by atoms with van der Waals surface area (Å²) < 4.78 is 5.00. The van der Waals surface area contributed by atoms with Gasteiger partial charge in [0.1, 0.15) is 0 Å². The van der Waals surface area contributed by atoms with Gasteiger partial charge in [0.05, 0.1) is 21.4 Å². The molecule has 3 nitrogen and oxygen atoms in total. The van der Waals surface area contributed by atoms with E-state index >= 15 is 0 Å². The summed E-state index contributed by atoms with van der Waals surface area (Å²) in [5.41, 5.74) is 7.41. The highest BCUT2D eigenvalue weighted by Gasteiger charge is 2.08. The predicted molar refractivity (Wildman–Crippen MR) is 70.6 cm³/mol. The van der Waals surface area contributed by atoms with Crippen molar-refractivity contribution in [2.45, 2.75) is 6.42 Å². The van der Waals surface area contributed by atoms with Crippen LogP contribution in [0.2, 0.25) is 10.0 Å². The van der Waals surface area contributed by atoms with Crippen LogP contribution in [-0.4, -0.2) is 27.3 Å². The van der Waals surface area contributed by atoms with Crippen LogP contribution in [0.1, 0.15) is 6.42 Å². The molecule has 0 aliphatic carbocycles. The number of methoxy groups -OCH3 is 1. The van der Waals surface area contributed by atoms with Crippen molar-refractivity contribution in [1.29, 1.82) is 0 Å². The van der Waals surface area contributed by atoms with Gasteiger partial charge in [-0.3, -0.25) is 0 Å². The molecule has 0 heterocycles. The zero-order valence-corrected chi connectivity index (χ0v) is 11.0. The van der Waals surface area contributed by atoms with Crippen molar-refractivity contribution < 1.29 is 4.74 Å². The number of ether oxygens (including phenoxy) is 1. The van der Waals surface area contributed by atoms with Gasteiger partial charge in [0.15, 0.2) is 0 Å². The van der Waals surface area contributed by atoms with E-state index in [1.807, 2.05) is 11.9 Å². The van der Waals surface area contributed by atoms with E-state index in [0.717, 1.165) is 25.3 Å². The van der Waals surface area contributed by atoms with E-state index in [9.17, 15) is 0 Å². The zero-order chi connectivity index (χ0) is 12.1. The van der Waals surface area contributed by atoms with Crippen molar-refractivity contribution in [3.05, 3.63) is 22.2 Å². The Morgan fingerprint density at radius 1 is 1.31 bits per heavy atom. The van der Waals surface area contributed by atoms with Gasteiger partial charge < -0.3 is 15.4 Å². The molecule has 0 unspecified atom stereocenters. The monoisotopic (exact) mass is 262 g/mol. The third kappa shape index (κ3) is 3.44. The molecular formula is C11H16Cl2N2O. The van der Waals surface area contributed by atoms with Crippen LogP contribution in [-0.2, 0) is 4.74 Å². The minimum atomic E-state index is 0.480. The Kier molecular flexibility index (Phi) is 5.19. The number of anilines is 2. The quantitative estimate of drug-likeness (QED) is 0.655. The number of rotatable bonds is 5. The molecule has 0 radical (unpaired) electrons. The molecule has 90 valence electrons. The molecule has 0 saturated heterocycles. The van der Waals surface area contributed by atoms with E-state index in [1.54, 1.807) is 19.2 Å². The van der Waals surface area contributed by atoms with Gasteiger partial charge in [0.25, 0.3) is 0 Å². The number of benzene rings is 1. The minimum absolute atomic E-state index is 0.480. The molecule has 0 aliphatic heterocycles. The predicted octanol–water partition coefficient (Wildman–Crippen LogP) is 3.05. The average Bonchev–Trinajstić information content (AvgIpc) is 2.23. The summed E-state index contributed by atoms with van der Waals surface area (Å²) in [5, 5.41) is 0.998. The lowest BCUT2D eigenvalue weighted by molar-refractivity contribution is 0.196. The highest BCUT2D eigenvalue weighted by Crippen LogP contribution is 2.32. The maximum Gasteiger partial charge on any atom is 0.0614 e. The van der Waals surface area contributed by atoms with Crippen molar-refractivity contribution in [3.63, 3.8) is 0 Å². The number of hydrogen-bond donors (Lipinski definition) is 1. The largest absolute Gasteiger partial charge is 0.397 e. The van der Waals surface area contributed by atoms with E-state index in [1.165, 1.54) is 0 Å². The smallest absolute Gasteiger partial charge is 0.0614 e. The first-order valence-electron chi connectivity index (χ1n) is 5.01. The van der Waals surface area contributed by atoms with Crippen LogP contribution >= 0.6 is 23.2 Å². The maximum atomic E-state index is 5.95. The number of hydrogen-bond acceptors (Lipinski definition) is 3. The Morgan fingerprint density at radius 3 is 2.56 bits per heavy atom. The SMILES string of the molecule is COCCCN(C)c1cc(Cl)c(Cl)cc1N. The Morgan fingerprint density at radius 2 is 1.94 bits per heavy atom. The van der Waals surface area contributed by atoms with E-state index in [0.29, 0.717) is 15.7 Å². The van der Waals surface area contributed by atoms with Crippen molar-refractivity contribution >= 4 is 34.6 Å². The summed E-state index contributed by atoms with van der Waals surface area (Å²) in [4.78, 5) is 2.04. The van der Waals surface area contributed by atoms with Crippen LogP contribution in [0.15, 0.2) is 12.1 Å². The van der Waals surface area contributed by atoms with Crippen molar-refractivity contribution in [2.24, 2.45) is 0 Å². The van der Waals surface area contributed by atoms with E-state index in [2.05, 4.69) is 0 Å². The molecule has 1 aromatic rings. The summed E-state index contributed by atoms with van der Waals surface area (Å²) in [6.07, 6.45) is 0.937. The first-order valence-corrected chi connectivity index (χ1v) is 5.76. The maximum absolute atomic E-state index is 5.95. The van der Waals surface area contributed by atoms with Crippen LogP contribution in [0.3, 0.4) is 0 Å². The average molecular weight is 263 g/mol. The molecule has 0 spiro atoms. The summed E-state index contributed by atoms with van der Waals surface area (Å²) in [7, 11) is 3.65. The van der Waals surface area contributed by atoms with E-state index < -0.39 is 0 Å². The standard InChI is InChI=1S/C11H16Cl2N2O/c1-15(4-3-5-16-2)11-7-9(13)8(12)6-10(11)14/h6-7H,3-5,14H2,1-2H3.